The molecule has 1 heterocycles. The monoisotopic (exact) mass is 441 g/mol. The Bertz CT molecular complexity index is 619. The average molecular weight is 441 g/mol. The molecule has 6 heteroatoms. The zero-order valence-electron chi connectivity index (χ0n) is 14.9. The summed E-state index contributed by atoms with van der Waals surface area (Å²) in [6, 6.07) is 10.3. The molecule has 2 aromatic rings. The third kappa shape index (κ3) is 6.51. The molecule has 0 amide bonds. The number of benzene rings is 1. The van der Waals surface area contributed by atoms with Crippen LogP contribution in [-0.2, 0) is 19.6 Å². The zero-order chi connectivity index (χ0) is 16.7. The van der Waals surface area contributed by atoms with E-state index >= 15 is 0 Å². The Labute approximate surface area is 162 Å². The highest BCUT2D eigenvalue weighted by Gasteiger charge is 2.07. The van der Waals surface area contributed by atoms with E-state index in [1.807, 2.05) is 49.6 Å². The summed E-state index contributed by atoms with van der Waals surface area (Å²) in [5.74, 6) is 2.50. The van der Waals surface area contributed by atoms with E-state index in [1.165, 1.54) is 5.56 Å². The van der Waals surface area contributed by atoms with E-state index in [9.17, 15) is 0 Å². The minimum Gasteiger partial charge on any atom is -0.349 e. The van der Waals surface area contributed by atoms with E-state index in [0.29, 0.717) is 19.0 Å². The van der Waals surface area contributed by atoms with Crippen molar-refractivity contribution in [2.45, 2.75) is 33.5 Å². The summed E-state index contributed by atoms with van der Waals surface area (Å²) in [6.45, 7) is 6.75. The summed E-state index contributed by atoms with van der Waals surface area (Å²) in [4.78, 5) is 11.1. The fraction of sp³-hybridized carbons (Fsp3) is 0.444. The van der Waals surface area contributed by atoms with E-state index in [2.05, 4.69) is 45.8 Å². The molecular weight excluding hydrogens is 413 g/mol. The fourth-order valence-electron chi connectivity index (χ4n) is 2.33. The molecule has 24 heavy (non-hydrogen) atoms. The van der Waals surface area contributed by atoms with Gasteiger partial charge in [-0.3, -0.25) is 0 Å². The van der Waals surface area contributed by atoms with Gasteiger partial charge < -0.3 is 14.8 Å². The summed E-state index contributed by atoms with van der Waals surface area (Å²) >= 11 is 0. The largest absolute Gasteiger partial charge is 0.349 e. The maximum absolute atomic E-state index is 4.68. The van der Waals surface area contributed by atoms with Gasteiger partial charge in [-0.15, -0.1) is 24.0 Å². The molecular formula is C18H28IN5. The number of halogens is 1. The number of aromatic nitrogens is 2. The van der Waals surface area contributed by atoms with Gasteiger partial charge in [0.15, 0.2) is 5.96 Å². The molecule has 1 aromatic carbocycles. The first kappa shape index (κ1) is 20.5. The van der Waals surface area contributed by atoms with Gasteiger partial charge in [0, 0.05) is 33.0 Å². The highest BCUT2D eigenvalue weighted by Crippen LogP contribution is 2.04. The van der Waals surface area contributed by atoms with Gasteiger partial charge in [-0.2, -0.15) is 0 Å². The molecule has 5 nitrogen and oxygen atoms in total. The fourth-order valence-corrected chi connectivity index (χ4v) is 2.33. The standard InChI is InChI=1S/C18H27N5.HI/c1-15(2)14-23-11-10-19-17(23)13-21-18(22(3)4)20-12-16-8-6-5-7-9-16;/h5-11,15H,12-14H2,1-4H3,(H,20,21);1H. The topological polar surface area (TPSA) is 45.5 Å². The molecule has 2 rings (SSSR count). The molecule has 0 aliphatic carbocycles. The van der Waals surface area contributed by atoms with Gasteiger partial charge in [0.1, 0.15) is 5.82 Å². The van der Waals surface area contributed by atoms with Crippen molar-refractivity contribution in [1.29, 1.82) is 0 Å². The van der Waals surface area contributed by atoms with Gasteiger partial charge in [0.05, 0.1) is 13.1 Å². The van der Waals surface area contributed by atoms with E-state index < -0.39 is 0 Å². The number of guanidine groups is 1. The van der Waals surface area contributed by atoms with Crippen LogP contribution in [0, 0.1) is 5.92 Å². The number of imidazole rings is 1. The Kier molecular flexibility index (Phi) is 8.81. The first-order chi connectivity index (χ1) is 11.1. The van der Waals surface area contributed by atoms with Gasteiger partial charge >= 0.3 is 0 Å². The van der Waals surface area contributed by atoms with Crippen LogP contribution in [0.5, 0.6) is 0 Å². The van der Waals surface area contributed by atoms with Crippen LogP contribution < -0.4 is 5.32 Å². The van der Waals surface area contributed by atoms with E-state index in [1.54, 1.807) is 0 Å². The lowest BCUT2D eigenvalue weighted by Crippen LogP contribution is -2.36. The van der Waals surface area contributed by atoms with E-state index in [4.69, 9.17) is 0 Å². The van der Waals surface area contributed by atoms with Crippen molar-refractivity contribution in [2.75, 3.05) is 14.1 Å². The molecule has 1 aromatic heterocycles. The second-order valence-corrected chi connectivity index (χ2v) is 6.26. The molecule has 0 aliphatic heterocycles. The molecule has 0 atom stereocenters. The number of nitrogens with zero attached hydrogens (tertiary/aromatic N) is 4. The first-order valence-electron chi connectivity index (χ1n) is 8.06. The molecule has 0 bridgehead atoms. The first-order valence-corrected chi connectivity index (χ1v) is 8.06. The average Bonchev–Trinajstić information content (AvgIpc) is 2.94. The Balaban J connectivity index is 0.00000288. The summed E-state index contributed by atoms with van der Waals surface area (Å²) in [5, 5.41) is 3.40. The van der Waals surface area contributed by atoms with Crippen LogP contribution in [0.15, 0.2) is 47.7 Å². The normalized spacial score (nSPS) is 11.3. The summed E-state index contributed by atoms with van der Waals surface area (Å²) in [7, 11) is 3.99. The Morgan fingerprint density at radius 1 is 1.25 bits per heavy atom. The molecule has 0 radical (unpaired) electrons. The van der Waals surface area contributed by atoms with Crippen molar-refractivity contribution < 1.29 is 0 Å². The number of nitrogens with one attached hydrogen (secondary N) is 1. The van der Waals surface area contributed by atoms with Gasteiger partial charge in [-0.25, -0.2) is 9.98 Å². The lowest BCUT2D eigenvalue weighted by atomic mass is 10.2. The molecule has 1 N–H and O–H groups in total. The highest BCUT2D eigenvalue weighted by atomic mass is 127. The van der Waals surface area contributed by atoms with E-state index in [0.717, 1.165) is 18.3 Å². The Hall–Kier alpha value is -1.57. The van der Waals surface area contributed by atoms with Gasteiger partial charge in [-0.05, 0) is 11.5 Å². The van der Waals surface area contributed by atoms with Crippen molar-refractivity contribution in [3.63, 3.8) is 0 Å². The second kappa shape index (κ2) is 10.3. The van der Waals surface area contributed by atoms with E-state index in [-0.39, 0.29) is 24.0 Å². The van der Waals surface area contributed by atoms with Crippen molar-refractivity contribution >= 4 is 29.9 Å². The van der Waals surface area contributed by atoms with Crippen LogP contribution in [0.4, 0.5) is 0 Å². The minimum atomic E-state index is 0. The van der Waals surface area contributed by atoms with Crippen molar-refractivity contribution in [1.82, 2.24) is 19.8 Å². The summed E-state index contributed by atoms with van der Waals surface area (Å²) in [5.41, 5.74) is 1.20. The Morgan fingerprint density at radius 2 is 1.96 bits per heavy atom. The molecule has 0 unspecified atom stereocenters. The predicted octanol–water partition coefficient (Wildman–Crippen LogP) is 3.36. The molecule has 0 saturated carbocycles. The SMILES string of the molecule is CC(C)Cn1ccnc1CNC(=NCc1ccccc1)N(C)C.I. The van der Waals surface area contributed by atoms with Crippen LogP contribution >= 0.6 is 24.0 Å². The maximum atomic E-state index is 4.68. The van der Waals surface area contributed by atoms with Gasteiger partial charge in [0.25, 0.3) is 0 Å². The third-order valence-electron chi connectivity index (χ3n) is 3.45. The Morgan fingerprint density at radius 3 is 2.58 bits per heavy atom. The maximum Gasteiger partial charge on any atom is 0.194 e. The minimum absolute atomic E-state index is 0. The summed E-state index contributed by atoms with van der Waals surface area (Å²) in [6.07, 6.45) is 3.89. The van der Waals surface area contributed by atoms with Crippen molar-refractivity contribution in [3.05, 3.63) is 54.1 Å². The zero-order valence-corrected chi connectivity index (χ0v) is 17.3. The van der Waals surface area contributed by atoms with Crippen LogP contribution in [0.1, 0.15) is 25.2 Å². The predicted molar refractivity (Wildman–Crippen MR) is 111 cm³/mol. The number of hydrogen-bond donors (Lipinski definition) is 1. The molecule has 0 aliphatic rings. The highest BCUT2D eigenvalue weighted by molar-refractivity contribution is 14.0. The lowest BCUT2D eigenvalue weighted by Gasteiger charge is -2.18. The third-order valence-corrected chi connectivity index (χ3v) is 3.45. The van der Waals surface area contributed by atoms with Crippen LogP contribution in [0.2, 0.25) is 0 Å². The molecule has 0 fully saturated rings. The van der Waals surface area contributed by atoms with Crippen molar-refractivity contribution in [3.8, 4) is 0 Å². The number of hydrogen-bond acceptors (Lipinski definition) is 2. The molecule has 0 spiro atoms. The molecule has 0 saturated heterocycles. The number of rotatable bonds is 6. The van der Waals surface area contributed by atoms with Gasteiger partial charge in [0.2, 0.25) is 0 Å². The smallest absolute Gasteiger partial charge is 0.194 e. The summed E-state index contributed by atoms with van der Waals surface area (Å²) < 4.78 is 2.20. The number of aliphatic imine (C=N–C) groups is 1. The van der Waals surface area contributed by atoms with Crippen LogP contribution in [0.25, 0.3) is 0 Å². The molecule has 132 valence electrons. The van der Waals surface area contributed by atoms with Crippen LogP contribution in [-0.4, -0.2) is 34.5 Å². The van der Waals surface area contributed by atoms with Crippen molar-refractivity contribution in [2.24, 2.45) is 10.9 Å². The second-order valence-electron chi connectivity index (χ2n) is 6.26. The van der Waals surface area contributed by atoms with Crippen LogP contribution in [0.3, 0.4) is 0 Å². The van der Waals surface area contributed by atoms with Gasteiger partial charge in [-0.1, -0.05) is 44.2 Å². The quantitative estimate of drug-likeness (QED) is 0.425. The lowest BCUT2D eigenvalue weighted by molar-refractivity contribution is 0.499.